The van der Waals surface area contributed by atoms with Gasteiger partial charge in [-0.25, -0.2) is 0 Å². The molecule has 0 saturated carbocycles. The summed E-state index contributed by atoms with van der Waals surface area (Å²) < 4.78 is 5.23. The Bertz CT molecular complexity index is 768. The summed E-state index contributed by atoms with van der Waals surface area (Å²) >= 11 is 0. The number of hydrogen-bond acceptors (Lipinski definition) is 3. The molecule has 4 nitrogen and oxygen atoms in total. The summed E-state index contributed by atoms with van der Waals surface area (Å²) in [7, 11) is 5.73. The number of methoxy groups -OCH3 is 1. The molecule has 0 aliphatic heterocycles. The monoisotopic (exact) mass is 366 g/mol. The Balaban J connectivity index is 1.59. The van der Waals surface area contributed by atoms with Gasteiger partial charge in [0.25, 0.3) is 0 Å². The summed E-state index contributed by atoms with van der Waals surface area (Å²) in [6, 6.07) is 14.7. The van der Waals surface area contributed by atoms with Crippen LogP contribution < -0.4 is 10.1 Å². The van der Waals surface area contributed by atoms with Gasteiger partial charge in [0.15, 0.2) is 0 Å². The van der Waals surface area contributed by atoms with E-state index < -0.39 is 0 Å². The first-order valence-electron chi connectivity index (χ1n) is 9.74. The minimum absolute atomic E-state index is 0.0751. The molecule has 1 N–H and O–H groups in total. The molecule has 0 aromatic heterocycles. The third-order valence-corrected chi connectivity index (χ3v) is 5.39. The maximum Gasteiger partial charge on any atom is 0.224 e. The largest absolute Gasteiger partial charge is 0.497 e. The van der Waals surface area contributed by atoms with E-state index in [0.29, 0.717) is 13.0 Å². The number of benzene rings is 2. The molecular formula is C23H30N2O2. The average Bonchev–Trinajstić information content (AvgIpc) is 2.68. The van der Waals surface area contributed by atoms with Gasteiger partial charge in [-0.1, -0.05) is 30.3 Å². The third kappa shape index (κ3) is 5.10. The first kappa shape index (κ1) is 19.4. The second-order valence-corrected chi connectivity index (χ2v) is 7.54. The molecular weight excluding hydrogens is 336 g/mol. The quantitative estimate of drug-likeness (QED) is 0.815. The second-order valence-electron chi connectivity index (χ2n) is 7.54. The van der Waals surface area contributed by atoms with Crippen LogP contribution in [0.2, 0.25) is 0 Å². The van der Waals surface area contributed by atoms with Crippen molar-refractivity contribution in [1.82, 2.24) is 10.2 Å². The molecule has 1 aliphatic rings. The Hall–Kier alpha value is -2.33. The second kappa shape index (κ2) is 9.05. The predicted molar refractivity (Wildman–Crippen MR) is 109 cm³/mol. The van der Waals surface area contributed by atoms with Crippen LogP contribution in [-0.4, -0.2) is 38.6 Å². The number of hydrogen-bond donors (Lipinski definition) is 1. The number of carbonyl (C=O) groups excluding carboxylic acids is 1. The Morgan fingerprint density at radius 2 is 1.78 bits per heavy atom. The van der Waals surface area contributed by atoms with E-state index in [-0.39, 0.29) is 11.9 Å². The lowest BCUT2D eigenvalue weighted by molar-refractivity contribution is -0.120. The summed E-state index contributed by atoms with van der Waals surface area (Å²) in [5.74, 6) is 0.916. The van der Waals surface area contributed by atoms with Crippen LogP contribution in [0.15, 0.2) is 42.5 Å². The highest BCUT2D eigenvalue weighted by Crippen LogP contribution is 2.23. The maximum absolute atomic E-state index is 12.5. The SMILES string of the molecule is COc1ccc(C(CNC(=O)Cc2ccc3c(c2)CCCC3)N(C)C)cc1. The number of nitrogens with zero attached hydrogens (tertiary/aromatic N) is 1. The fourth-order valence-corrected chi connectivity index (χ4v) is 3.78. The Morgan fingerprint density at radius 3 is 2.44 bits per heavy atom. The summed E-state index contributed by atoms with van der Waals surface area (Å²) in [6.07, 6.45) is 5.30. The normalized spacial score (nSPS) is 14.5. The number of carbonyl (C=O) groups is 1. The van der Waals surface area contributed by atoms with Crippen LogP contribution in [0.3, 0.4) is 0 Å². The molecule has 0 saturated heterocycles. The number of likely N-dealkylation sites (N-methyl/N-ethyl adjacent to an activating group) is 1. The molecule has 0 radical (unpaired) electrons. The van der Waals surface area contributed by atoms with Gasteiger partial charge in [-0.2, -0.15) is 0 Å². The van der Waals surface area contributed by atoms with Crippen molar-refractivity contribution in [2.75, 3.05) is 27.7 Å². The lowest BCUT2D eigenvalue weighted by Crippen LogP contribution is -2.35. The first-order chi connectivity index (χ1) is 13.1. The summed E-state index contributed by atoms with van der Waals surface area (Å²) in [4.78, 5) is 14.6. The van der Waals surface area contributed by atoms with Gasteiger partial charge in [0.05, 0.1) is 19.6 Å². The van der Waals surface area contributed by atoms with Crippen molar-refractivity contribution in [1.29, 1.82) is 0 Å². The number of fused-ring (bicyclic) bond motifs is 1. The van der Waals surface area contributed by atoms with Gasteiger partial charge in [-0.15, -0.1) is 0 Å². The Morgan fingerprint density at radius 1 is 1.07 bits per heavy atom. The van der Waals surface area contributed by atoms with Gasteiger partial charge in [-0.3, -0.25) is 4.79 Å². The fourth-order valence-electron chi connectivity index (χ4n) is 3.78. The minimum atomic E-state index is 0.0751. The molecule has 2 aromatic carbocycles. The highest BCUT2D eigenvalue weighted by molar-refractivity contribution is 5.78. The molecule has 0 bridgehead atoms. The number of aryl methyl sites for hydroxylation is 2. The van der Waals surface area contributed by atoms with Crippen molar-refractivity contribution in [3.05, 3.63) is 64.7 Å². The smallest absolute Gasteiger partial charge is 0.224 e. The highest BCUT2D eigenvalue weighted by atomic mass is 16.5. The van der Waals surface area contributed by atoms with Crippen molar-refractivity contribution < 1.29 is 9.53 Å². The molecule has 1 amide bonds. The molecule has 1 atom stereocenters. The van der Waals surface area contributed by atoms with E-state index in [1.54, 1.807) is 7.11 Å². The molecule has 1 aliphatic carbocycles. The third-order valence-electron chi connectivity index (χ3n) is 5.39. The van der Waals surface area contributed by atoms with Crippen molar-refractivity contribution in [3.63, 3.8) is 0 Å². The van der Waals surface area contributed by atoms with Crippen molar-refractivity contribution in [3.8, 4) is 5.75 Å². The maximum atomic E-state index is 12.5. The summed E-state index contributed by atoms with van der Waals surface area (Å²) in [6.45, 7) is 0.586. The van der Waals surface area contributed by atoms with Crippen LogP contribution in [0.25, 0.3) is 0 Å². The number of ether oxygens (including phenoxy) is 1. The molecule has 0 fully saturated rings. The van der Waals surface area contributed by atoms with Gasteiger partial charge >= 0.3 is 0 Å². The number of rotatable bonds is 7. The zero-order valence-electron chi connectivity index (χ0n) is 16.6. The van der Waals surface area contributed by atoms with Crippen molar-refractivity contribution >= 4 is 5.91 Å². The predicted octanol–water partition coefficient (Wildman–Crippen LogP) is 3.54. The molecule has 4 heteroatoms. The van der Waals surface area contributed by atoms with Crippen LogP contribution in [0.1, 0.15) is 41.1 Å². The van der Waals surface area contributed by atoms with E-state index >= 15 is 0 Å². The van der Waals surface area contributed by atoms with E-state index in [0.717, 1.165) is 23.3 Å². The molecule has 0 heterocycles. The van der Waals surface area contributed by atoms with E-state index in [1.165, 1.54) is 30.4 Å². The summed E-state index contributed by atoms with van der Waals surface area (Å²) in [5.41, 5.74) is 5.16. The lowest BCUT2D eigenvalue weighted by atomic mass is 9.90. The average molecular weight is 367 g/mol. The Labute approximate surface area is 162 Å². The lowest BCUT2D eigenvalue weighted by Gasteiger charge is -2.25. The minimum Gasteiger partial charge on any atom is -0.497 e. The topological polar surface area (TPSA) is 41.6 Å². The van der Waals surface area contributed by atoms with E-state index in [2.05, 4.69) is 40.5 Å². The van der Waals surface area contributed by atoms with Gasteiger partial charge in [0, 0.05) is 6.54 Å². The van der Waals surface area contributed by atoms with Crippen LogP contribution in [0, 0.1) is 0 Å². The van der Waals surface area contributed by atoms with Gasteiger partial charge in [-0.05, 0) is 74.2 Å². The van der Waals surface area contributed by atoms with Gasteiger partial charge in [0.2, 0.25) is 5.91 Å². The fraction of sp³-hybridized carbons (Fsp3) is 0.435. The summed E-state index contributed by atoms with van der Waals surface area (Å²) in [5, 5.41) is 3.11. The number of nitrogens with one attached hydrogen (secondary N) is 1. The molecule has 2 aromatic rings. The van der Waals surface area contributed by atoms with Crippen LogP contribution in [0.4, 0.5) is 0 Å². The highest BCUT2D eigenvalue weighted by Gasteiger charge is 2.16. The zero-order valence-corrected chi connectivity index (χ0v) is 16.6. The molecule has 1 unspecified atom stereocenters. The van der Waals surface area contributed by atoms with Gasteiger partial charge in [0.1, 0.15) is 5.75 Å². The Kier molecular flexibility index (Phi) is 6.51. The van der Waals surface area contributed by atoms with Crippen molar-refractivity contribution in [2.45, 2.75) is 38.1 Å². The molecule has 27 heavy (non-hydrogen) atoms. The molecule has 3 rings (SSSR count). The first-order valence-corrected chi connectivity index (χ1v) is 9.74. The van der Waals surface area contributed by atoms with E-state index in [1.807, 2.05) is 26.2 Å². The van der Waals surface area contributed by atoms with Crippen molar-refractivity contribution in [2.24, 2.45) is 0 Å². The molecule has 144 valence electrons. The standard InChI is InChI=1S/C23H30N2O2/c1-25(2)22(19-10-12-21(27-3)13-11-19)16-24-23(26)15-17-8-9-18-6-4-5-7-20(18)14-17/h8-14,22H,4-7,15-16H2,1-3H3,(H,24,26). The zero-order chi connectivity index (χ0) is 19.2. The van der Waals surface area contributed by atoms with Crippen LogP contribution in [-0.2, 0) is 24.1 Å². The van der Waals surface area contributed by atoms with E-state index in [4.69, 9.17) is 4.74 Å². The van der Waals surface area contributed by atoms with E-state index in [9.17, 15) is 4.79 Å². The molecule has 0 spiro atoms. The number of amides is 1. The van der Waals surface area contributed by atoms with Gasteiger partial charge < -0.3 is 15.0 Å². The van der Waals surface area contributed by atoms with Crippen LogP contribution in [0.5, 0.6) is 5.75 Å². The van der Waals surface area contributed by atoms with Crippen LogP contribution >= 0.6 is 0 Å².